The molecule has 2 aromatic rings. The Morgan fingerprint density at radius 2 is 1.12 bits per heavy atom. The second-order valence-electron chi connectivity index (χ2n) is 8.98. The van der Waals surface area contributed by atoms with Gasteiger partial charge in [0.1, 0.15) is 17.2 Å². The van der Waals surface area contributed by atoms with E-state index in [2.05, 4.69) is 41.5 Å². The van der Waals surface area contributed by atoms with Crippen molar-refractivity contribution in [2.24, 2.45) is 0 Å². The Kier molecular flexibility index (Phi) is 4.58. The van der Waals surface area contributed by atoms with E-state index in [-0.39, 0.29) is 22.3 Å². The molecule has 0 atom stereocenters. The van der Waals surface area contributed by atoms with Crippen LogP contribution in [0, 0.1) is 13.8 Å². The van der Waals surface area contributed by atoms with Crippen LogP contribution in [0.3, 0.4) is 0 Å². The fourth-order valence-corrected chi connectivity index (χ4v) is 3.17. The first-order chi connectivity index (χ1) is 11.2. The zero-order chi connectivity index (χ0) is 19.3. The van der Waals surface area contributed by atoms with Gasteiger partial charge in [0.15, 0.2) is 0 Å². The average Bonchev–Trinajstić information content (AvgIpc) is 2.43. The molecular weight excluding hydrogens is 312 g/mol. The van der Waals surface area contributed by atoms with Crippen LogP contribution >= 0.6 is 0 Å². The van der Waals surface area contributed by atoms with Gasteiger partial charge in [0, 0.05) is 22.3 Å². The summed E-state index contributed by atoms with van der Waals surface area (Å²) in [6.07, 6.45) is 0. The molecule has 0 spiro atoms. The van der Waals surface area contributed by atoms with Gasteiger partial charge < -0.3 is 15.3 Å². The van der Waals surface area contributed by atoms with Crippen LogP contribution in [0.2, 0.25) is 0 Å². The quantitative estimate of drug-likeness (QED) is 0.624. The minimum atomic E-state index is -0.240. The molecule has 0 unspecified atom stereocenters. The minimum absolute atomic E-state index is 0.0860. The van der Waals surface area contributed by atoms with Crippen LogP contribution < -0.4 is 0 Å². The van der Waals surface area contributed by atoms with Gasteiger partial charge in [0.25, 0.3) is 0 Å². The summed E-state index contributed by atoms with van der Waals surface area (Å²) >= 11 is 0. The minimum Gasteiger partial charge on any atom is -0.508 e. The topological polar surface area (TPSA) is 60.7 Å². The van der Waals surface area contributed by atoms with Crippen molar-refractivity contribution in [2.45, 2.75) is 66.2 Å². The van der Waals surface area contributed by atoms with Crippen molar-refractivity contribution in [1.29, 1.82) is 0 Å². The number of benzene rings is 2. The van der Waals surface area contributed by atoms with Crippen molar-refractivity contribution in [3.8, 4) is 28.4 Å². The molecule has 0 aliphatic carbocycles. The molecule has 25 heavy (non-hydrogen) atoms. The van der Waals surface area contributed by atoms with E-state index in [1.54, 1.807) is 13.0 Å². The third-order valence-electron chi connectivity index (χ3n) is 4.74. The van der Waals surface area contributed by atoms with Gasteiger partial charge in [-0.3, -0.25) is 0 Å². The maximum Gasteiger partial charge on any atom is 0.130 e. The van der Waals surface area contributed by atoms with Gasteiger partial charge in [-0.1, -0.05) is 41.5 Å². The number of aryl methyl sites for hydroxylation is 1. The SMILES string of the molecule is Cc1cc(O)c(C)c(O)c1-c1cc(C(C)(C)C)c(O)c(C(C)(C)C)c1. The van der Waals surface area contributed by atoms with Gasteiger partial charge in [-0.15, -0.1) is 0 Å². The van der Waals surface area contributed by atoms with Gasteiger partial charge in [-0.2, -0.15) is 0 Å². The Hall–Kier alpha value is -2.16. The van der Waals surface area contributed by atoms with Crippen LogP contribution in [0.5, 0.6) is 17.2 Å². The second-order valence-corrected chi connectivity index (χ2v) is 8.98. The normalized spacial score (nSPS) is 12.5. The molecule has 0 amide bonds. The molecule has 3 heteroatoms. The van der Waals surface area contributed by atoms with Gasteiger partial charge in [-0.05, 0) is 54.0 Å². The number of hydrogen-bond donors (Lipinski definition) is 3. The summed E-state index contributed by atoms with van der Waals surface area (Å²) < 4.78 is 0. The molecule has 0 aliphatic heterocycles. The lowest BCUT2D eigenvalue weighted by Crippen LogP contribution is -2.17. The van der Waals surface area contributed by atoms with Crippen molar-refractivity contribution in [3.05, 3.63) is 40.5 Å². The highest BCUT2D eigenvalue weighted by molar-refractivity contribution is 5.79. The Morgan fingerprint density at radius 3 is 1.52 bits per heavy atom. The molecule has 0 heterocycles. The van der Waals surface area contributed by atoms with Gasteiger partial charge in [0.2, 0.25) is 0 Å². The molecular formula is C22H30O3. The van der Waals surface area contributed by atoms with E-state index in [1.165, 1.54) is 0 Å². The van der Waals surface area contributed by atoms with E-state index in [1.807, 2.05) is 19.1 Å². The van der Waals surface area contributed by atoms with Crippen LogP contribution in [0.15, 0.2) is 18.2 Å². The summed E-state index contributed by atoms with van der Waals surface area (Å²) in [5.74, 6) is 0.490. The third-order valence-corrected chi connectivity index (χ3v) is 4.74. The highest BCUT2D eigenvalue weighted by Gasteiger charge is 2.28. The number of phenolic OH excluding ortho intramolecular Hbond substituents is 3. The number of hydrogen-bond acceptors (Lipinski definition) is 3. The zero-order valence-electron chi connectivity index (χ0n) is 16.6. The first kappa shape index (κ1) is 19.2. The molecule has 2 aromatic carbocycles. The molecule has 0 fully saturated rings. The fraction of sp³-hybridized carbons (Fsp3) is 0.455. The largest absolute Gasteiger partial charge is 0.508 e. The van der Waals surface area contributed by atoms with Crippen LogP contribution in [0.1, 0.15) is 63.8 Å². The smallest absolute Gasteiger partial charge is 0.130 e. The molecule has 0 aromatic heterocycles. The summed E-state index contributed by atoms with van der Waals surface area (Å²) in [5, 5.41) is 31.5. The molecule has 0 bridgehead atoms. The number of phenols is 3. The number of aromatic hydroxyl groups is 3. The molecule has 0 saturated carbocycles. The van der Waals surface area contributed by atoms with Gasteiger partial charge in [0.05, 0.1) is 0 Å². The van der Waals surface area contributed by atoms with Crippen molar-refractivity contribution in [3.63, 3.8) is 0 Å². The maximum absolute atomic E-state index is 10.9. The second kappa shape index (κ2) is 5.98. The van der Waals surface area contributed by atoms with Crippen LogP contribution in [-0.4, -0.2) is 15.3 Å². The first-order valence-electron chi connectivity index (χ1n) is 8.65. The van der Waals surface area contributed by atoms with Crippen molar-refractivity contribution >= 4 is 0 Å². The highest BCUT2D eigenvalue weighted by atomic mass is 16.3. The Labute approximate surface area is 151 Å². The molecule has 3 nitrogen and oxygen atoms in total. The van der Waals surface area contributed by atoms with E-state index in [0.717, 1.165) is 22.3 Å². The third kappa shape index (κ3) is 3.46. The Morgan fingerprint density at radius 1 is 0.680 bits per heavy atom. The lowest BCUT2D eigenvalue weighted by atomic mass is 9.77. The van der Waals surface area contributed by atoms with Crippen LogP contribution in [-0.2, 0) is 10.8 Å². The molecule has 3 N–H and O–H groups in total. The summed E-state index contributed by atoms with van der Waals surface area (Å²) in [4.78, 5) is 0. The van der Waals surface area contributed by atoms with Crippen molar-refractivity contribution < 1.29 is 15.3 Å². The summed E-state index contributed by atoms with van der Waals surface area (Å²) in [6.45, 7) is 15.9. The van der Waals surface area contributed by atoms with Gasteiger partial charge in [-0.25, -0.2) is 0 Å². The Balaban J connectivity index is 2.92. The number of rotatable bonds is 1. The lowest BCUT2D eigenvalue weighted by molar-refractivity contribution is 0.423. The predicted molar refractivity (Wildman–Crippen MR) is 104 cm³/mol. The summed E-state index contributed by atoms with van der Waals surface area (Å²) in [6, 6.07) is 5.57. The van der Waals surface area contributed by atoms with Crippen molar-refractivity contribution in [1.82, 2.24) is 0 Å². The average molecular weight is 342 g/mol. The van der Waals surface area contributed by atoms with E-state index in [0.29, 0.717) is 16.9 Å². The standard InChI is InChI=1S/C22H30O3/c1-12-9-17(23)13(2)19(24)18(12)14-10-15(21(3,4)5)20(25)16(11-14)22(6,7)8/h9-11,23-25H,1-8H3. The molecule has 0 saturated heterocycles. The summed E-state index contributed by atoms with van der Waals surface area (Å²) in [7, 11) is 0. The predicted octanol–water partition coefficient (Wildman–Crippen LogP) is 5.68. The Bertz CT molecular complexity index is 784. The van der Waals surface area contributed by atoms with E-state index >= 15 is 0 Å². The maximum atomic E-state index is 10.9. The van der Waals surface area contributed by atoms with E-state index in [9.17, 15) is 15.3 Å². The monoisotopic (exact) mass is 342 g/mol. The van der Waals surface area contributed by atoms with E-state index in [4.69, 9.17) is 0 Å². The van der Waals surface area contributed by atoms with Gasteiger partial charge >= 0.3 is 0 Å². The molecule has 0 aliphatic rings. The zero-order valence-corrected chi connectivity index (χ0v) is 16.6. The molecule has 0 radical (unpaired) electrons. The molecule has 2 rings (SSSR count). The lowest BCUT2D eigenvalue weighted by Gasteiger charge is -2.28. The van der Waals surface area contributed by atoms with Crippen molar-refractivity contribution in [2.75, 3.05) is 0 Å². The van der Waals surface area contributed by atoms with E-state index < -0.39 is 0 Å². The van der Waals surface area contributed by atoms with Crippen LogP contribution in [0.4, 0.5) is 0 Å². The highest BCUT2D eigenvalue weighted by Crippen LogP contribution is 2.45. The summed E-state index contributed by atoms with van der Waals surface area (Å²) in [5.41, 5.74) is 4.02. The first-order valence-corrected chi connectivity index (χ1v) is 8.65. The fourth-order valence-electron chi connectivity index (χ4n) is 3.17. The molecule has 136 valence electrons. The van der Waals surface area contributed by atoms with Crippen LogP contribution in [0.25, 0.3) is 11.1 Å².